The summed E-state index contributed by atoms with van der Waals surface area (Å²) < 4.78 is 7.43. The molecule has 6 heteroatoms. The number of aromatic nitrogens is 2. The van der Waals surface area contributed by atoms with Gasteiger partial charge in [-0.25, -0.2) is 4.98 Å². The van der Waals surface area contributed by atoms with E-state index in [0.717, 1.165) is 27.8 Å². The van der Waals surface area contributed by atoms with Gasteiger partial charge in [0.2, 0.25) is 0 Å². The Morgan fingerprint density at radius 2 is 2.30 bits per heavy atom. The Hall–Kier alpha value is -1.72. The van der Waals surface area contributed by atoms with Crippen molar-refractivity contribution in [1.29, 1.82) is 0 Å². The molecule has 0 aliphatic rings. The summed E-state index contributed by atoms with van der Waals surface area (Å²) in [5.41, 5.74) is 3.05. The van der Waals surface area contributed by atoms with Gasteiger partial charge in [-0.05, 0) is 25.1 Å². The van der Waals surface area contributed by atoms with Crippen LogP contribution < -0.4 is 10.1 Å². The average Bonchev–Trinajstić information content (AvgIpc) is 2.97. The van der Waals surface area contributed by atoms with Gasteiger partial charge in [0, 0.05) is 16.6 Å². The van der Waals surface area contributed by atoms with Crippen molar-refractivity contribution in [3.63, 3.8) is 0 Å². The molecule has 0 saturated carbocycles. The number of nitrogens with one attached hydrogen (secondary N) is 1. The maximum Gasteiger partial charge on any atom is 0.194 e. The Morgan fingerprint density at radius 1 is 1.45 bits per heavy atom. The maximum absolute atomic E-state index is 6.03. The number of nitrogens with zero attached hydrogens (tertiary/aromatic N) is 2. The lowest BCUT2D eigenvalue weighted by Crippen LogP contribution is -2.04. The van der Waals surface area contributed by atoms with E-state index in [4.69, 9.17) is 16.3 Å². The molecule has 0 aliphatic heterocycles. The van der Waals surface area contributed by atoms with Crippen LogP contribution in [0.15, 0.2) is 29.8 Å². The molecule has 3 rings (SSSR count). The first-order valence-corrected chi connectivity index (χ1v) is 7.43. The van der Waals surface area contributed by atoms with E-state index in [2.05, 4.69) is 14.7 Å². The van der Waals surface area contributed by atoms with Crippen molar-refractivity contribution in [3.8, 4) is 5.75 Å². The Morgan fingerprint density at radius 3 is 3.10 bits per heavy atom. The van der Waals surface area contributed by atoms with E-state index in [1.807, 2.05) is 36.7 Å². The van der Waals surface area contributed by atoms with E-state index < -0.39 is 0 Å². The largest absolute Gasteiger partial charge is 0.495 e. The molecule has 0 atom stereocenters. The lowest BCUT2D eigenvalue weighted by atomic mass is 10.2. The minimum Gasteiger partial charge on any atom is -0.495 e. The number of hydrogen-bond acceptors (Lipinski definition) is 4. The third-order valence-corrected chi connectivity index (χ3v) is 4.16. The maximum atomic E-state index is 6.03. The van der Waals surface area contributed by atoms with Gasteiger partial charge in [0.1, 0.15) is 5.75 Å². The minimum atomic E-state index is 0.667. The van der Waals surface area contributed by atoms with E-state index in [1.165, 1.54) is 0 Å². The van der Waals surface area contributed by atoms with Gasteiger partial charge in [0.05, 0.1) is 30.7 Å². The van der Waals surface area contributed by atoms with Gasteiger partial charge >= 0.3 is 0 Å². The molecule has 0 unspecified atom stereocenters. The topological polar surface area (TPSA) is 38.6 Å². The van der Waals surface area contributed by atoms with E-state index in [0.29, 0.717) is 11.6 Å². The van der Waals surface area contributed by atoms with Gasteiger partial charge < -0.3 is 10.1 Å². The molecule has 0 aliphatic carbocycles. The van der Waals surface area contributed by atoms with Gasteiger partial charge in [-0.1, -0.05) is 11.6 Å². The van der Waals surface area contributed by atoms with Crippen LogP contribution in [0.1, 0.15) is 11.4 Å². The molecule has 0 amide bonds. The first kappa shape index (κ1) is 13.3. The monoisotopic (exact) mass is 307 g/mol. The fourth-order valence-corrected chi connectivity index (χ4v) is 3.10. The lowest BCUT2D eigenvalue weighted by Gasteiger charge is -2.11. The molecule has 0 saturated heterocycles. The first-order chi connectivity index (χ1) is 9.69. The highest BCUT2D eigenvalue weighted by Gasteiger charge is 2.10. The molecule has 1 N–H and O–H groups in total. The summed E-state index contributed by atoms with van der Waals surface area (Å²) in [4.78, 5) is 5.54. The van der Waals surface area contributed by atoms with Crippen molar-refractivity contribution in [2.24, 2.45) is 0 Å². The number of rotatable bonds is 4. The predicted molar refractivity (Wildman–Crippen MR) is 83.1 cm³/mol. The fourth-order valence-electron chi connectivity index (χ4n) is 2.15. The molecule has 2 aromatic heterocycles. The second-order valence-electron chi connectivity index (χ2n) is 4.40. The second kappa shape index (κ2) is 5.34. The van der Waals surface area contributed by atoms with Crippen LogP contribution in [0, 0.1) is 6.92 Å². The predicted octanol–water partition coefficient (Wildman–Crippen LogP) is 3.98. The number of fused-ring (bicyclic) bond motifs is 1. The highest BCUT2D eigenvalue weighted by molar-refractivity contribution is 7.15. The van der Waals surface area contributed by atoms with Crippen molar-refractivity contribution >= 4 is 33.6 Å². The van der Waals surface area contributed by atoms with Crippen LogP contribution in [0.25, 0.3) is 4.96 Å². The number of benzene rings is 1. The van der Waals surface area contributed by atoms with Crippen LogP contribution in [-0.4, -0.2) is 16.5 Å². The number of thiazole rings is 1. The standard InChI is InChI=1S/C14H14ClN3OS/c1-9-12(18-5-6-20-14(18)17-9)8-16-11-7-10(15)3-4-13(11)19-2/h3-7,16H,8H2,1-2H3. The van der Waals surface area contributed by atoms with E-state index in [-0.39, 0.29) is 0 Å². The van der Waals surface area contributed by atoms with Crippen LogP contribution in [-0.2, 0) is 6.54 Å². The van der Waals surface area contributed by atoms with Crippen molar-refractivity contribution in [2.45, 2.75) is 13.5 Å². The molecule has 0 bridgehead atoms. The van der Waals surface area contributed by atoms with Crippen LogP contribution in [0.4, 0.5) is 5.69 Å². The molecule has 0 fully saturated rings. The summed E-state index contributed by atoms with van der Waals surface area (Å²) in [5.74, 6) is 0.776. The Bertz CT molecular complexity index is 750. The zero-order valence-electron chi connectivity index (χ0n) is 11.2. The van der Waals surface area contributed by atoms with E-state index in [9.17, 15) is 0 Å². The van der Waals surface area contributed by atoms with Crippen molar-refractivity contribution in [3.05, 3.63) is 46.2 Å². The molecule has 20 heavy (non-hydrogen) atoms. The zero-order valence-corrected chi connectivity index (χ0v) is 12.8. The summed E-state index contributed by atoms with van der Waals surface area (Å²) in [7, 11) is 1.65. The van der Waals surface area contributed by atoms with Crippen molar-refractivity contribution in [2.75, 3.05) is 12.4 Å². The highest BCUT2D eigenvalue weighted by Crippen LogP contribution is 2.28. The Labute approximate surface area is 126 Å². The Kier molecular flexibility index (Phi) is 3.54. The fraction of sp³-hybridized carbons (Fsp3) is 0.214. The van der Waals surface area contributed by atoms with Crippen LogP contribution in [0.2, 0.25) is 5.02 Å². The average molecular weight is 308 g/mol. The summed E-state index contributed by atoms with van der Waals surface area (Å²) in [5, 5.41) is 6.08. The molecule has 3 aromatic rings. The molecule has 2 heterocycles. The normalized spacial score (nSPS) is 10.9. The summed E-state index contributed by atoms with van der Waals surface area (Å²) >= 11 is 7.66. The third-order valence-electron chi connectivity index (χ3n) is 3.17. The summed E-state index contributed by atoms with van der Waals surface area (Å²) in [6.07, 6.45) is 2.03. The van der Waals surface area contributed by atoms with Gasteiger partial charge in [0.15, 0.2) is 4.96 Å². The highest BCUT2D eigenvalue weighted by atomic mass is 35.5. The van der Waals surface area contributed by atoms with E-state index >= 15 is 0 Å². The molecule has 0 radical (unpaired) electrons. The number of anilines is 1. The molecule has 104 valence electrons. The quantitative estimate of drug-likeness (QED) is 0.792. The van der Waals surface area contributed by atoms with E-state index in [1.54, 1.807) is 18.4 Å². The number of ether oxygens (including phenoxy) is 1. The lowest BCUT2D eigenvalue weighted by molar-refractivity contribution is 0.416. The van der Waals surface area contributed by atoms with Gasteiger partial charge in [-0.2, -0.15) is 0 Å². The summed E-state index contributed by atoms with van der Waals surface area (Å²) in [6, 6.07) is 5.53. The number of methoxy groups -OCH3 is 1. The summed E-state index contributed by atoms with van der Waals surface area (Å²) in [6.45, 7) is 2.69. The number of aryl methyl sites for hydroxylation is 1. The van der Waals surface area contributed by atoms with Crippen LogP contribution in [0.3, 0.4) is 0 Å². The molecule has 0 spiro atoms. The minimum absolute atomic E-state index is 0.667. The number of imidazole rings is 1. The number of hydrogen-bond donors (Lipinski definition) is 1. The van der Waals surface area contributed by atoms with Gasteiger partial charge in [0.25, 0.3) is 0 Å². The van der Waals surface area contributed by atoms with Crippen molar-refractivity contribution < 1.29 is 4.74 Å². The molecule has 4 nitrogen and oxygen atoms in total. The zero-order chi connectivity index (χ0) is 14.1. The van der Waals surface area contributed by atoms with Crippen LogP contribution >= 0.6 is 22.9 Å². The van der Waals surface area contributed by atoms with Gasteiger partial charge in [-0.3, -0.25) is 4.40 Å². The van der Waals surface area contributed by atoms with Crippen LogP contribution in [0.5, 0.6) is 5.75 Å². The SMILES string of the molecule is COc1ccc(Cl)cc1NCc1c(C)nc2sccn12. The third kappa shape index (κ3) is 2.34. The molecular formula is C14H14ClN3OS. The smallest absolute Gasteiger partial charge is 0.194 e. The first-order valence-electron chi connectivity index (χ1n) is 6.17. The molecule has 1 aromatic carbocycles. The molecular weight excluding hydrogens is 294 g/mol. The number of halogens is 1. The van der Waals surface area contributed by atoms with Gasteiger partial charge in [-0.15, -0.1) is 11.3 Å². The van der Waals surface area contributed by atoms with Crippen molar-refractivity contribution in [1.82, 2.24) is 9.38 Å². The Balaban J connectivity index is 1.88. The second-order valence-corrected chi connectivity index (χ2v) is 5.71.